The first-order valence-corrected chi connectivity index (χ1v) is 5.83. The molecule has 1 N–H and O–H groups in total. The lowest BCUT2D eigenvalue weighted by atomic mass is 10.3. The van der Waals surface area contributed by atoms with Gasteiger partial charge < -0.3 is 9.88 Å². The highest BCUT2D eigenvalue weighted by Gasteiger charge is 2.09. The summed E-state index contributed by atoms with van der Waals surface area (Å²) in [5.41, 5.74) is 0.590. The summed E-state index contributed by atoms with van der Waals surface area (Å²) in [6, 6.07) is 6.95. The third kappa shape index (κ3) is 3.20. The molecule has 0 saturated heterocycles. The number of amides is 1. The van der Waals surface area contributed by atoms with Gasteiger partial charge in [-0.2, -0.15) is 0 Å². The third-order valence-electron chi connectivity index (χ3n) is 2.50. The Labute approximate surface area is 113 Å². The number of nitrogens with one attached hydrogen (secondary N) is 1. The lowest BCUT2D eigenvalue weighted by Gasteiger charge is -2.09. The standard InChI is InChI=1S/C13H10ClFN2O2/c14-11-4-3-9(15)6-12(11)16-13(19)7-17-5-1-2-10(17)8-18/h1-6,8H,7H2,(H,16,19). The molecule has 1 amide bonds. The Morgan fingerprint density at radius 2 is 2.21 bits per heavy atom. The first-order valence-electron chi connectivity index (χ1n) is 5.45. The molecule has 19 heavy (non-hydrogen) atoms. The van der Waals surface area contributed by atoms with Crippen LogP contribution in [0.3, 0.4) is 0 Å². The van der Waals surface area contributed by atoms with Gasteiger partial charge in [0, 0.05) is 6.20 Å². The van der Waals surface area contributed by atoms with E-state index in [4.69, 9.17) is 11.6 Å². The summed E-state index contributed by atoms with van der Waals surface area (Å²) in [5, 5.41) is 2.74. The zero-order valence-corrected chi connectivity index (χ0v) is 10.5. The summed E-state index contributed by atoms with van der Waals surface area (Å²) in [6.07, 6.45) is 2.26. The summed E-state index contributed by atoms with van der Waals surface area (Å²) in [4.78, 5) is 22.5. The highest BCUT2D eigenvalue weighted by Crippen LogP contribution is 2.22. The lowest BCUT2D eigenvalue weighted by Crippen LogP contribution is -2.19. The smallest absolute Gasteiger partial charge is 0.244 e. The molecular weight excluding hydrogens is 271 g/mol. The normalized spacial score (nSPS) is 10.2. The first kappa shape index (κ1) is 13.3. The van der Waals surface area contributed by atoms with Crippen LogP contribution < -0.4 is 5.32 Å². The van der Waals surface area contributed by atoms with Crippen molar-refractivity contribution in [3.05, 3.63) is 53.1 Å². The van der Waals surface area contributed by atoms with Crippen molar-refractivity contribution in [3.63, 3.8) is 0 Å². The van der Waals surface area contributed by atoms with Gasteiger partial charge in [-0.05, 0) is 30.3 Å². The summed E-state index contributed by atoms with van der Waals surface area (Å²) < 4.78 is 14.5. The zero-order valence-electron chi connectivity index (χ0n) is 9.77. The summed E-state index contributed by atoms with van der Waals surface area (Å²) in [7, 11) is 0. The van der Waals surface area contributed by atoms with Crippen molar-refractivity contribution in [1.29, 1.82) is 0 Å². The van der Waals surface area contributed by atoms with Gasteiger partial charge in [0.1, 0.15) is 12.4 Å². The average Bonchev–Trinajstić information content (AvgIpc) is 2.81. The predicted molar refractivity (Wildman–Crippen MR) is 69.9 cm³/mol. The number of anilines is 1. The minimum absolute atomic E-state index is 0.0477. The molecule has 6 heteroatoms. The monoisotopic (exact) mass is 280 g/mol. The Balaban J connectivity index is 2.09. The maximum atomic E-state index is 13.0. The van der Waals surface area contributed by atoms with Crippen LogP contribution in [0.5, 0.6) is 0 Å². The van der Waals surface area contributed by atoms with E-state index in [0.29, 0.717) is 12.0 Å². The van der Waals surface area contributed by atoms with Crippen molar-refractivity contribution in [2.75, 3.05) is 5.32 Å². The number of rotatable bonds is 4. The van der Waals surface area contributed by atoms with Crippen LogP contribution in [0, 0.1) is 5.82 Å². The Morgan fingerprint density at radius 3 is 2.95 bits per heavy atom. The van der Waals surface area contributed by atoms with Crippen molar-refractivity contribution in [1.82, 2.24) is 4.57 Å². The van der Waals surface area contributed by atoms with E-state index in [0.717, 1.165) is 6.07 Å². The molecule has 2 rings (SSSR count). The van der Waals surface area contributed by atoms with Crippen LogP contribution >= 0.6 is 11.6 Å². The Kier molecular flexibility index (Phi) is 3.97. The van der Waals surface area contributed by atoms with Crippen molar-refractivity contribution in [3.8, 4) is 0 Å². The summed E-state index contributed by atoms with van der Waals surface area (Å²) in [6.45, 7) is -0.0477. The molecule has 1 aromatic carbocycles. The van der Waals surface area contributed by atoms with Crippen LogP contribution in [-0.4, -0.2) is 16.8 Å². The van der Waals surface area contributed by atoms with Crippen LogP contribution in [0.2, 0.25) is 5.02 Å². The maximum Gasteiger partial charge on any atom is 0.244 e. The molecule has 2 aromatic rings. The van der Waals surface area contributed by atoms with Crippen LogP contribution in [0.25, 0.3) is 0 Å². The molecule has 0 fully saturated rings. The van der Waals surface area contributed by atoms with Crippen molar-refractivity contribution in [2.45, 2.75) is 6.54 Å². The van der Waals surface area contributed by atoms with Gasteiger partial charge in [0.15, 0.2) is 6.29 Å². The lowest BCUT2D eigenvalue weighted by molar-refractivity contribution is -0.116. The highest BCUT2D eigenvalue weighted by molar-refractivity contribution is 6.33. The highest BCUT2D eigenvalue weighted by atomic mass is 35.5. The van der Waals surface area contributed by atoms with Crippen LogP contribution in [0.15, 0.2) is 36.5 Å². The molecule has 0 aliphatic rings. The molecule has 0 atom stereocenters. The molecule has 0 aliphatic heterocycles. The van der Waals surface area contributed by atoms with Gasteiger partial charge in [-0.15, -0.1) is 0 Å². The molecule has 1 aromatic heterocycles. The second-order valence-corrected chi connectivity index (χ2v) is 4.26. The van der Waals surface area contributed by atoms with Crippen molar-refractivity contribution >= 4 is 29.5 Å². The molecule has 0 radical (unpaired) electrons. The largest absolute Gasteiger partial charge is 0.336 e. The SMILES string of the molecule is O=Cc1cccn1CC(=O)Nc1cc(F)ccc1Cl. The van der Waals surface area contributed by atoms with Gasteiger partial charge in [-0.1, -0.05) is 11.6 Å². The molecule has 0 saturated carbocycles. The molecule has 1 heterocycles. The number of hydrogen-bond acceptors (Lipinski definition) is 2. The quantitative estimate of drug-likeness (QED) is 0.876. The van der Waals surface area contributed by atoms with Gasteiger partial charge in [-0.3, -0.25) is 9.59 Å². The van der Waals surface area contributed by atoms with Crippen LogP contribution in [0.1, 0.15) is 10.5 Å². The molecular formula is C13H10ClFN2O2. The summed E-state index contributed by atoms with van der Waals surface area (Å²) in [5.74, 6) is -0.888. The van der Waals surface area contributed by atoms with Crippen molar-refractivity contribution < 1.29 is 14.0 Å². The van der Waals surface area contributed by atoms with E-state index in [9.17, 15) is 14.0 Å². The van der Waals surface area contributed by atoms with E-state index >= 15 is 0 Å². The van der Waals surface area contributed by atoms with Gasteiger partial charge in [0.05, 0.1) is 16.4 Å². The van der Waals surface area contributed by atoms with Crippen LogP contribution in [0.4, 0.5) is 10.1 Å². The molecule has 0 unspecified atom stereocenters. The number of halogens is 2. The number of hydrogen-bond donors (Lipinski definition) is 1. The molecule has 0 aliphatic carbocycles. The number of carbonyl (C=O) groups excluding carboxylic acids is 2. The molecule has 98 valence electrons. The fraction of sp³-hybridized carbons (Fsp3) is 0.0769. The number of aromatic nitrogens is 1. The molecule has 0 spiro atoms. The van der Waals surface area contributed by atoms with Crippen molar-refractivity contribution in [2.24, 2.45) is 0 Å². The van der Waals surface area contributed by atoms with Gasteiger partial charge in [-0.25, -0.2) is 4.39 Å². The number of aldehydes is 1. The Hall–Kier alpha value is -2.14. The van der Waals surface area contributed by atoms with E-state index in [1.54, 1.807) is 18.3 Å². The van der Waals surface area contributed by atoms with E-state index in [1.165, 1.54) is 16.7 Å². The van der Waals surface area contributed by atoms with E-state index < -0.39 is 11.7 Å². The Morgan fingerprint density at radius 1 is 1.42 bits per heavy atom. The zero-order chi connectivity index (χ0) is 13.8. The number of nitrogens with zero attached hydrogens (tertiary/aromatic N) is 1. The van der Waals surface area contributed by atoms with Crippen LogP contribution in [-0.2, 0) is 11.3 Å². The predicted octanol–water partition coefficient (Wildman–Crippen LogP) is 2.73. The van der Waals surface area contributed by atoms with E-state index in [-0.39, 0.29) is 17.3 Å². The minimum atomic E-state index is -0.491. The first-order chi connectivity index (χ1) is 9.10. The molecule has 4 nitrogen and oxygen atoms in total. The summed E-state index contributed by atoms with van der Waals surface area (Å²) >= 11 is 5.84. The van der Waals surface area contributed by atoms with Gasteiger partial charge >= 0.3 is 0 Å². The fourth-order valence-corrected chi connectivity index (χ4v) is 1.78. The van der Waals surface area contributed by atoms with E-state index in [1.807, 2.05) is 0 Å². The third-order valence-corrected chi connectivity index (χ3v) is 2.83. The molecule has 0 bridgehead atoms. The minimum Gasteiger partial charge on any atom is -0.336 e. The second kappa shape index (κ2) is 5.67. The second-order valence-electron chi connectivity index (χ2n) is 3.85. The van der Waals surface area contributed by atoms with E-state index in [2.05, 4.69) is 5.32 Å². The van der Waals surface area contributed by atoms with Gasteiger partial charge in [0.2, 0.25) is 5.91 Å². The number of carbonyl (C=O) groups is 2. The topological polar surface area (TPSA) is 51.1 Å². The number of benzene rings is 1. The Bertz CT molecular complexity index is 625. The fourth-order valence-electron chi connectivity index (χ4n) is 1.62. The maximum absolute atomic E-state index is 13.0. The average molecular weight is 281 g/mol. The van der Waals surface area contributed by atoms with Gasteiger partial charge in [0.25, 0.3) is 0 Å².